The molecule has 1 aromatic carbocycles. The molecular weight excluding hydrogens is 150 g/mol. The summed E-state index contributed by atoms with van der Waals surface area (Å²) in [6.07, 6.45) is 3.74. The molecule has 0 aliphatic carbocycles. The van der Waals surface area contributed by atoms with Crippen molar-refractivity contribution in [2.24, 2.45) is 5.73 Å². The lowest BCUT2D eigenvalue weighted by Crippen LogP contribution is -2.12. The van der Waals surface area contributed by atoms with Crippen LogP contribution in [0.3, 0.4) is 0 Å². The summed E-state index contributed by atoms with van der Waals surface area (Å²) in [5.74, 6) is -0.385. The van der Waals surface area contributed by atoms with Crippen LogP contribution in [0.1, 0.15) is 22.8 Å². The minimum Gasteiger partial charge on any atom is -0.366 e. The van der Waals surface area contributed by atoms with Crippen LogP contribution in [0.25, 0.3) is 6.08 Å². The quantitative estimate of drug-likeness (QED) is 0.706. The summed E-state index contributed by atoms with van der Waals surface area (Å²) in [7, 11) is 0. The van der Waals surface area contributed by atoms with Crippen molar-refractivity contribution in [3.05, 3.63) is 41.5 Å². The second kappa shape index (κ2) is 3.72. The Balaban J connectivity index is 3.17. The Morgan fingerprint density at radius 2 is 2.08 bits per heavy atom. The molecule has 0 saturated heterocycles. The highest BCUT2D eigenvalue weighted by molar-refractivity contribution is 5.96. The molecule has 0 aliphatic heterocycles. The second-order valence-electron chi connectivity index (χ2n) is 2.45. The maximum atomic E-state index is 10.9. The van der Waals surface area contributed by atoms with Gasteiger partial charge in [-0.25, -0.2) is 0 Å². The van der Waals surface area contributed by atoms with Crippen LogP contribution in [0.15, 0.2) is 30.3 Å². The van der Waals surface area contributed by atoms with Gasteiger partial charge in [0.15, 0.2) is 0 Å². The van der Waals surface area contributed by atoms with E-state index in [1.807, 2.05) is 31.2 Å². The zero-order valence-corrected chi connectivity index (χ0v) is 6.95. The van der Waals surface area contributed by atoms with Gasteiger partial charge in [-0.05, 0) is 18.6 Å². The third-order valence-electron chi connectivity index (χ3n) is 1.57. The molecule has 12 heavy (non-hydrogen) atoms. The summed E-state index contributed by atoms with van der Waals surface area (Å²) in [5.41, 5.74) is 6.61. The van der Waals surface area contributed by atoms with Gasteiger partial charge in [0.1, 0.15) is 0 Å². The number of nitrogens with two attached hydrogens (primary N) is 1. The average molecular weight is 161 g/mol. The molecule has 0 heterocycles. The van der Waals surface area contributed by atoms with E-state index in [4.69, 9.17) is 5.73 Å². The first-order chi connectivity index (χ1) is 5.75. The van der Waals surface area contributed by atoms with Gasteiger partial charge in [-0.15, -0.1) is 0 Å². The lowest BCUT2D eigenvalue weighted by molar-refractivity contribution is 0.1000. The minimum atomic E-state index is -0.385. The van der Waals surface area contributed by atoms with Crippen molar-refractivity contribution in [3.8, 4) is 0 Å². The standard InChI is InChI=1S/C10H11NO/c1-2-5-8-6-3-4-7-9(8)10(11)12/h2-7H,1H3,(H2,11,12)/b5-2+. The molecule has 0 radical (unpaired) electrons. The molecule has 1 amide bonds. The number of carbonyl (C=O) groups is 1. The van der Waals surface area contributed by atoms with E-state index in [9.17, 15) is 4.79 Å². The third kappa shape index (κ3) is 1.72. The molecule has 0 bridgehead atoms. The van der Waals surface area contributed by atoms with Crippen molar-refractivity contribution in [2.75, 3.05) is 0 Å². The van der Waals surface area contributed by atoms with Gasteiger partial charge in [-0.2, -0.15) is 0 Å². The van der Waals surface area contributed by atoms with Crippen molar-refractivity contribution < 1.29 is 4.79 Å². The molecule has 2 nitrogen and oxygen atoms in total. The number of carbonyl (C=O) groups excluding carboxylic acids is 1. The fraction of sp³-hybridized carbons (Fsp3) is 0.100. The molecule has 0 unspecified atom stereocenters. The Labute approximate surface area is 71.7 Å². The first kappa shape index (κ1) is 8.53. The summed E-state index contributed by atoms with van der Waals surface area (Å²) >= 11 is 0. The minimum absolute atomic E-state index is 0.385. The highest BCUT2D eigenvalue weighted by Gasteiger charge is 2.02. The fourth-order valence-electron chi connectivity index (χ4n) is 1.05. The molecule has 2 N–H and O–H groups in total. The summed E-state index contributed by atoms with van der Waals surface area (Å²) in [6.45, 7) is 1.90. The number of rotatable bonds is 2. The Kier molecular flexibility index (Phi) is 2.64. The molecular formula is C10H11NO. The van der Waals surface area contributed by atoms with Gasteiger partial charge in [-0.1, -0.05) is 30.4 Å². The Hall–Kier alpha value is -1.57. The summed E-state index contributed by atoms with van der Waals surface area (Å²) in [6, 6.07) is 7.26. The van der Waals surface area contributed by atoms with Crippen LogP contribution in [-0.2, 0) is 0 Å². The Morgan fingerprint density at radius 3 is 2.67 bits per heavy atom. The molecule has 0 aromatic heterocycles. The van der Waals surface area contributed by atoms with Crippen LogP contribution in [0.5, 0.6) is 0 Å². The molecule has 0 atom stereocenters. The van der Waals surface area contributed by atoms with Crippen molar-refractivity contribution in [3.63, 3.8) is 0 Å². The SMILES string of the molecule is C/C=C/c1ccccc1C(N)=O. The van der Waals surface area contributed by atoms with Gasteiger partial charge in [0, 0.05) is 5.56 Å². The lowest BCUT2D eigenvalue weighted by Gasteiger charge is -1.99. The van der Waals surface area contributed by atoms with Gasteiger partial charge in [0.05, 0.1) is 0 Å². The fourth-order valence-corrected chi connectivity index (χ4v) is 1.05. The first-order valence-corrected chi connectivity index (χ1v) is 3.77. The zero-order valence-electron chi connectivity index (χ0n) is 6.95. The number of benzene rings is 1. The van der Waals surface area contributed by atoms with Crippen LogP contribution < -0.4 is 5.73 Å². The van der Waals surface area contributed by atoms with E-state index in [0.717, 1.165) is 5.56 Å². The van der Waals surface area contributed by atoms with Gasteiger partial charge in [-0.3, -0.25) is 4.79 Å². The van der Waals surface area contributed by atoms with E-state index < -0.39 is 0 Å². The molecule has 2 heteroatoms. The van der Waals surface area contributed by atoms with E-state index in [0.29, 0.717) is 5.56 Å². The Morgan fingerprint density at radius 1 is 1.42 bits per heavy atom. The van der Waals surface area contributed by atoms with Crippen LogP contribution in [0.4, 0.5) is 0 Å². The van der Waals surface area contributed by atoms with E-state index in [-0.39, 0.29) is 5.91 Å². The summed E-state index contributed by atoms with van der Waals surface area (Å²) in [5, 5.41) is 0. The van der Waals surface area contributed by atoms with Crippen molar-refractivity contribution in [1.29, 1.82) is 0 Å². The van der Waals surface area contributed by atoms with Crippen molar-refractivity contribution in [2.45, 2.75) is 6.92 Å². The van der Waals surface area contributed by atoms with Crippen molar-refractivity contribution in [1.82, 2.24) is 0 Å². The van der Waals surface area contributed by atoms with E-state index in [2.05, 4.69) is 0 Å². The predicted octanol–water partition coefficient (Wildman–Crippen LogP) is 1.82. The van der Waals surface area contributed by atoms with Gasteiger partial charge in [0.2, 0.25) is 5.91 Å². The number of primary amides is 1. The highest BCUT2D eigenvalue weighted by atomic mass is 16.1. The monoisotopic (exact) mass is 161 g/mol. The molecule has 1 aromatic rings. The van der Waals surface area contributed by atoms with Gasteiger partial charge < -0.3 is 5.73 Å². The second-order valence-corrected chi connectivity index (χ2v) is 2.45. The number of allylic oxidation sites excluding steroid dienone is 1. The topological polar surface area (TPSA) is 43.1 Å². The van der Waals surface area contributed by atoms with E-state index in [1.165, 1.54) is 0 Å². The van der Waals surface area contributed by atoms with Crippen LogP contribution in [-0.4, -0.2) is 5.91 Å². The average Bonchev–Trinajstić information content (AvgIpc) is 2.05. The molecule has 62 valence electrons. The Bertz CT molecular complexity index is 315. The molecule has 0 saturated carbocycles. The molecule has 1 rings (SSSR count). The first-order valence-electron chi connectivity index (χ1n) is 3.77. The molecule has 0 spiro atoms. The van der Waals surface area contributed by atoms with E-state index in [1.54, 1.807) is 12.1 Å². The largest absolute Gasteiger partial charge is 0.366 e. The summed E-state index contributed by atoms with van der Waals surface area (Å²) < 4.78 is 0. The van der Waals surface area contributed by atoms with Crippen molar-refractivity contribution >= 4 is 12.0 Å². The normalized spacial score (nSPS) is 10.4. The van der Waals surface area contributed by atoms with Crippen LogP contribution in [0.2, 0.25) is 0 Å². The summed E-state index contributed by atoms with van der Waals surface area (Å²) in [4.78, 5) is 10.9. The van der Waals surface area contributed by atoms with Gasteiger partial charge >= 0.3 is 0 Å². The maximum absolute atomic E-state index is 10.9. The predicted molar refractivity (Wildman–Crippen MR) is 49.7 cm³/mol. The molecule has 0 aliphatic rings. The smallest absolute Gasteiger partial charge is 0.249 e. The van der Waals surface area contributed by atoms with Crippen LogP contribution in [0, 0.1) is 0 Å². The third-order valence-corrected chi connectivity index (χ3v) is 1.57. The highest BCUT2D eigenvalue weighted by Crippen LogP contribution is 2.09. The molecule has 0 fully saturated rings. The lowest BCUT2D eigenvalue weighted by atomic mass is 10.1. The number of hydrogen-bond donors (Lipinski definition) is 1. The zero-order chi connectivity index (χ0) is 8.97. The maximum Gasteiger partial charge on any atom is 0.249 e. The van der Waals surface area contributed by atoms with E-state index >= 15 is 0 Å². The van der Waals surface area contributed by atoms with Gasteiger partial charge in [0.25, 0.3) is 0 Å². The number of amides is 1. The van der Waals surface area contributed by atoms with Crippen LogP contribution >= 0.6 is 0 Å². The number of hydrogen-bond acceptors (Lipinski definition) is 1.